The quantitative estimate of drug-likeness (QED) is 0.331. The summed E-state index contributed by atoms with van der Waals surface area (Å²) >= 11 is 0. The topological polar surface area (TPSA) is 86.5 Å². The zero-order valence-corrected chi connectivity index (χ0v) is 8.88. The van der Waals surface area contributed by atoms with E-state index in [0.717, 1.165) is 0 Å². The lowest BCUT2D eigenvalue weighted by atomic mass is 9.99. The number of nitro groups is 1. The third kappa shape index (κ3) is 1.22. The molecule has 18 heavy (non-hydrogen) atoms. The van der Waals surface area contributed by atoms with Gasteiger partial charge in [-0.05, 0) is 10.8 Å². The van der Waals surface area contributed by atoms with Crippen LogP contribution in [0.3, 0.4) is 0 Å². The molecule has 0 aromatic heterocycles. The Morgan fingerprint density at radius 1 is 1.06 bits per heavy atom. The van der Waals surface area contributed by atoms with Crippen LogP contribution in [0.15, 0.2) is 30.3 Å². The molecule has 0 bridgehead atoms. The standard InChI is InChI=1S/C12H5NO5/c14-11-9-7-4-2-1-3-6(7)5-8(13(16)17)10(9)12(15)18-11/h1-5H. The lowest BCUT2D eigenvalue weighted by Crippen LogP contribution is -2.01. The fourth-order valence-electron chi connectivity index (χ4n) is 2.08. The van der Waals surface area contributed by atoms with Crippen LogP contribution >= 0.6 is 0 Å². The van der Waals surface area contributed by atoms with Crippen molar-refractivity contribution >= 4 is 28.4 Å². The Labute approximate surface area is 99.9 Å². The Bertz CT molecular complexity index is 735. The molecule has 0 N–H and O–H groups in total. The van der Waals surface area contributed by atoms with Crippen molar-refractivity contribution in [2.45, 2.75) is 0 Å². The molecule has 6 heteroatoms. The molecule has 1 aliphatic heterocycles. The maximum atomic E-state index is 11.6. The maximum Gasteiger partial charge on any atom is 0.353 e. The Morgan fingerprint density at radius 2 is 1.72 bits per heavy atom. The van der Waals surface area contributed by atoms with Crippen LogP contribution in [0.2, 0.25) is 0 Å². The summed E-state index contributed by atoms with van der Waals surface area (Å²) in [6.45, 7) is 0. The molecule has 0 spiro atoms. The highest BCUT2D eigenvalue weighted by molar-refractivity contribution is 6.23. The number of nitrogens with zero attached hydrogens (tertiary/aromatic N) is 1. The van der Waals surface area contributed by atoms with Crippen molar-refractivity contribution in [3.8, 4) is 0 Å². The third-order valence-corrected chi connectivity index (χ3v) is 2.82. The molecule has 0 saturated heterocycles. The fourth-order valence-corrected chi connectivity index (χ4v) is 2.08. The van der Waals surface area contributed by atoms with Gasteiger partial charge < -0.3 is 4.74 Å². The summed E-state index contributed by atoms with van der Waals surface area (Å²) in [5.41, 5.74) is -0.687. The van der Waals surface area contributed by atoms with Crippen molar-refractivity contribution in [3.63, 3.8) is 0 Å². The average Bonchev–Trinajstić information content (AvgIpc) is 2.64. The number of ether oxygens (including phenoxy) is 1. The number of fused-ring (bicyclic) bond motifs is 3. The van der Waals surface area contributed by atoms with E-state index in [2.05, 4.69) is 4.74 Å². The monoisotopic (exact) mass is 243 g/mol. The molecule has 88 valence electrons. The second kappa shape index (κ2) is 3.36. The molecule has 0 radical (unpaired) electrons. The fraction of sp³-hybridized carbons (Fsp3) is 0. The Morgan fingerprint density at radius 3 is 2.44 bits per heavy atom. The summed E-state index contributed by atoms with van der Waals surface area (Å²) in [6, 6.07) is 7.91. The highest BCUT2D eigenvalue weighted by Gasteiger charge is 2.38. The molecule has 0 amide bonds. The van der Waals surface area contributed by atoms with Gasteiger partial charge in [-0.25, -0.2) is 9.59 Å². The summed E-state index contributed by atoms with van der Waals surface area (Å²) in [4.78, 5) is 33.4. The van der Waals surface area contributed by atoms with Gasteiger partial charge in [0.25, 0.3) is 5.69 Å². The van der Waals surface area contributed by atoms with Gasteiger partial charge in [-0.2, -0.15) is 0 Å². The molecule has 0 atom stereocenters. The van der Waals surface area contributed by atoms with Crippen molar-refractivity contribution in [2.24, 2.45) is 0 Å². The minimum Gasteiger partial charge on any atom is -0.385 e. The minimum absolute atomic E-state index is 0.0233. The number of cyclic esters (lactones) is 2. The summed E-state index contributed by atoms with van der Waals surface area (Å²) in [6.07, 6.45) is 0. The molecule has 0 fully saturated rings. The van der Waals surface area contributed by atoms with E-state index in [1.807, 2.05) is 0 Å². The summed E-state index contributed by atoms with van der Waals surface area (Å²) in [5.74, 6) is -1.80. The van der Waals surface area contributed by atoms with Gasteiger partial charge in [-0.3, -0.25) is 10.1 Å². The minimum atomic E-state index is -0.965. The van der Waals surface area contributed by atoms with Gasteiger partial charge in [0, 0.05) is 6.07 Å². The van der Waals surface area contributed by atoms with Crippen LogP contribution in [0.25, 0.3) is 10.8 Å². The number of carbonyl (C=O) groups is 2. The maximum absolute atomic E-state index is 11.6. The molecule has 2 aromatic rings. The lowest BCUT2D eigenvalue weighted by Gasteiger charge is -2.01. The molecule has 1 heterocycles. The number of nitro benzene ring substituents is 1. The predicted octanol–water partition coefficient (Wildman–Crippen LogP) is 2.06. The Hall–Kier alpha value is -2.76. The van der Waals surface area contributed by atoms with Crippen molar-refractivity contribution in [2.75, 3.05) is 0 Å². The van der Waals surface area contributed by atoms with Crippen LogP contribution in [0, 0.1) is 10.1 Å². The second-order valence-corrected chi connectivity index (χ2v) is 3.80. The zero-order valence-electron chi connectivity index (χ0n) is 8.88. The first-order valence-electron chi connectivity index (χ1n) is 5.06. The van der Waals surface area contributed by atoms with Gasteiger partial charge in [-0.1, -0.05) is 24.3 Å². The highest BCUT2D eigenvalue weighted by atomic mass is 16.6. The number of carbonyl (C=O) groups excluding carboxylic acids is 2. The highest BCUT2D eigenvalue weighted by Crippen LogP contribution is 2.35. The van der Waals surface area contributed by atoms with E-state index in [1.165, 1.54) is 6.07 Å². The predicted molar refractivity (Wildman–Crippen MR) is 60.3 cm³/mol. The van der Waals surface area contributed by atoms with E-state index in [0.29, 0.717) is 10.8 Å². The number of rotatable bonds is 1. The van der Waals surface area contributed by atoms with Crippen molar-refractivity contribution < 1.29 is 19.2 Å². The first-order chi connectivity index (χ1) is 8.59. The first kappa shape index (κ1) is 10.4. The van der Waals surface area contributed by atoms with Gasteiger partial charge in [0.15, 0.2) is 5.56 Å². The molecule has 2 aromatic carbocycles. The smallest absolute Gasteiger partial charge is 0.353 e. The lowest BCUT2D eigenvalue weighted by molar-refractivity contribution is -0.385. The molecule has 0 saturated carbocycles. The zero-order chi connectivity index (χ0) is 12.9. The summed E-state index contributed by atoms with van der Waals surface area (Å²) < 4.78 is 4.45. The first-order valence-corrected chi connectivity index (χ1v) is 5.06. The molecule has 0 unspecified atom stereocenters. The van der Waals surface area contributed by atoms with Crippen LogP contribution in [-0.4, -0.2) is 16.9 Å². The van der Waals surface area contributed by atoms with Gasteiger partial charge in [0.05, 0.1) is 10.5 Å². The largest absolute Gasteiger partial charge is 0.385 e. The number of hydrogen-bond acceptors (Lipinski definition) is 5. The van der Waals surface area contributed by atoms with Crippen LogP contribution in [0.1, 0.15) is 20.7 Å². The van der Waals surface area contributed by atoms with Crippen LogP contribution < -0.4 is 0 Å². The summed E-state index contributed by atoms with van der Waals surface area (Å²) in [7, 11) is 0. The SMILES string of the molecule is O=C1OC(=O)c2c1c([N+](=O)[O-])cc1ccccc21. The van der Waals surface area contributed by atoms with E-state index in [1.54, 1.807) is 24.3 Å². The van der Waals surface area contributed by atoms with E-state index >= 15 is 0 Å². The molecule has 0 aliphatic carbocycles. The second-order valence-electron chi connectivity index (χ2n) is 3.80. The number of benzene rings is 2. The summed E-state index contributed by atoms with van der Waals surface area (Å²) in [5, 5.41) is 11.9. The van der Waals surface area contributed by atoms with Gasteiger partial charge >= 0.3 is 11.9 Å². The van der Waals surface area contributed by atoms with E-state index < -0.39 is 22.5 Å². The van der Waals surface area contributed by atoms with E-state index in [4.69, 9.17) is 0 Å². The van der Waals surface area contributed by atoms with Crippen molar-refractivity contribution in [1.82, 2.24) is 0 Å². The molecular weight excluding hydrogens is 238 g/mol. The van der Waals surface area contributed by atoms with Gasteiger partial charge in [0.1, 0.15) is 0 Å². The van der Waals surface area contributed by atoms with Crippen molar-refractivity contribution in [3.05, 3.63) is 51.6 Å². The third-order valence-electron chi connectivity index (χ3n) is 2.82. The number of esters is 2. The van der Waals surface area contributed by atoms with Gasteiger partial charge in [0.2, 0.25) is 0 Å². The number of hydrogen-bond donors (Lipinski definition) is 0. The molecule has 6 nitrogen and oxygen atoms in total. The average molecular weight is 243 g/mol. The normalized spacial score (nSPS) is 13.6. The van der Waals surface area contributed by atoms with Crippen LogP contribution in [-0.2, 0) is 4.74 Å². The van der Waals surface area contributed by atoms with Crippen LogP contribution in [0.4, 0.5) is 5.69 Å². The van der Waals surface area contributed by atoms with Gasteiger partial charge in [-0.15, -0.1) is 0 Å². The van der Waals surface area contributed by atoms with Crippen LogP contribution in [0.5, 0.6) is 0 Å². The molecule has 1 aliphatic rings. The Kier molecular flexibility index (Phi) is 1.94. The van der Waals surface area contributed by atoms with Crippen molar-refractivity contribution in [1.29, 1.82) is 0 Å². The molecule has 3 rings (SSSR count). The Balaban J connectivity index is 2.53. The molecular formula is C12H5NO5. The van der Waals surface area contributed by atoms with E-state index in [-0.39, 0.29) is 11.1 Å². The van der Waals surface area contributed by atoms with E-state index in [9.17, 15) is 19.7 Å².